The number of aliphatic hydroxyl groups is 1. The first kappa shape index (κ1) is 22.8. The number of anilines is 1. The summed E-state index contributed by atoms with van der Waals surface area (Å²) in [4.78, 5) is 26.9. The molecular weight excluding hydrogens is 515 g/mol. The van der Waals surface area contributed by atoms with Gasteiger partial charge in [-0.1, -0.05) is 46.3 Å². The summed E-state index contributed by atoms with van der Waals surface area (Å²) in [5, 5.41) is 16.1. The Labute approximate surface area is 197 Å². The van der Waals surface area contributed by atoms with Gasteiger partial charge in [0.2, 0.25) is 10.0 Å². The van der Waals surface area contributed by atoms with Crippen LogP contribution in [0.15, 0.2) is 87.7 Å². The molecule has 0 aliphatic carbocycles. The molecule has 0 bridgehead atoms. The SMILES string of the molecule is NS(=O)(=O)c1ccc(N2C(=O)C(=O)C(=C(O)c3ccc(Br)cc3)[C@H]2c2ccccc2F)cc1. The van der Waals surface area contributed by atoms with Gasteiger partial charge in [-0.15, -0.1) is 0 Å². The lowest BCUT2D eigenvalue weighted by molar-refractivity contribution is -0.132. The Morgan fingerprint density at radius 2 is 1.58 bits per heavy atom. The minimum absolute atomic E-state index is 0.00844. The van der Waals surface area contributed by atoms with Gasteiger partial charge in [-0.3, -0.25) is 14.5 Å². The third-order valence-electron chi connectivity index (χ3n) is 5.21. The summed E-state index contributed by atoms with van der Waals surface area (Å²) in [6, 6.07) is 15.6. The molecule has 4 rings (SSSR count). The molecule has 0 saturated carbocycles. The molecule has 7 nitrogen and oxygen atoms in total. The number of carbonyl (C=O) groups is 2. The summed E-state index contributed by atoms with van der Waals surface area (Å²) in [6.07, 6.45) is 0. The fourth-order valence-electron chi connectivity index (χ4n) is 3.65. The minimum Gasteiger partial charge on any atom is -0.507 e. The number of hydrogen-bond acceptors (Lipinski definition) is 5. The zero-order valence-electron chi connectivity index (χ0n) is 16.8. The Bertz CT molecular complexity index is 1400. The van der Waals surface area contributed by atoms with Gasteiger partial charge in [0.25, 0.3) is 11.7 Å². The predicted molar refractivity (Wildman–Crippen MR) is 123 cm³/mol. The molecule has 3 aromatic rings. The van der Waals surface area contributed by atoms with E-state index in [1.807, 2.05) is 0 Å². The number of benzene rings is 3. The van der Waals surface area contributed by atoms with Gasteiger partial charge in [0, 0.05) is 21.3 Å². The van der Waals surface area contributed by atoms with Crippen LogP contribution < -0.4 is 10.0 Å². The van der Waals surface area contributed by atoms with E-state index in [1.165, 1.54) is 42.5 Å². The highest BCUT2D eigenvalue weighted by Gasteiger charge is 2.47. The number of rotatable bonds is 4. The number of ketones is 1. The average Bonchev–Trinajstić information content (AvgIpc) is 3.04. The van der Waals surface area contributed by atoms with Crippen molar-refractivity contribution in [2.75, 3.05) is 4.90 Å². The first-order chi connectivity index (χ1) is 15.6. The van der Waals surface area contributed by atoms with Crippen LogP contribution in [0, 0.1) is 5.82 Å². The fraction of sp³-hybridized carbons (Fsp3) is 0.0435. The second kappa shape index (κ2) is 8.54. The lowest BCUT2D eigenvalue weighted by atomic mass is 9.94. The van der Waals surface area contributed by atoms with Crippen molar-refractivity contribution in [1.82, 2.24) is 0 Å². The number of carbonyl (C=O) groups excluding carboxylic acids is 2. The Morgan fingerprint density at radius 1 is 0.970 bits per heavy atom. The molecule has 1 fully saturated rings. The lowest BCUT2D eigenvalue weighted by Crippen LogP contribution is -2.30. The van der Waals surface area contributed by atoms with E-state index in [4.69, 9.17) is 5.14 Å². The van der Waals surface area contributed by atoms with Gasteiger partial charge in [0.1, 0.15) is 11.6 Å². The van der Waals surface area contributed by atoms with Gasteiger partial charge in [-0.05, 0) is 42.5 Å². The van der Waals surface area contributed by atoms with Gasteiger partial charge >= 0.3 is 0 Å². The molecule has 3 N–H and O–H groups in total. The Kier molecular flexibility index (Phi) is 5.91. The number of sulfonamides is 1. The standard InChI is InChI=1S/C23H16BrFN2O5S/c24-14-7-5-13(6-8-14)21(28)19-20(17-3-1-2-4-18(17)25)27(23(30)22(19)29)15-9-11-16(12-10-15)33(26,31)32/h1-12,20,28H,(H2,26,31,32)/t20-/m1/s1. The van der Waals surface area contributed by atoms with E-state index in [-0.39, 0.29) is 27.3 Å². The largest absolute Gasteiger partial charge is 0.507 e. The lowest BCUT2D eigenvalue weighted by Gasteiger charge is -2.25. The van der Waals surface area contributed by atoms with E-state index in [2.05, 4.69) is 15.9 Å². The van der Waals surface area contributed by atoms with Crippen molar-refractivity contribution in [2.24, 2.45) is 5.14 Å². The monoisotopic (exact) mass is 530 g/mol. The van der Waals surface area contributed by atoms with Gasteiger partial charge in [0.15, 0.2) is 0 Å². The van der Waals surface area contributed by atoms with Crippen LogP contribution in [0.25, 0.3) is 5.76 Å². The zero-order valence-corrected chi connectivity index (χ0v) is 19.2. The Morgan fingerprint density at radius 3 is 2.15 bits per heavy atom. The van der Waals surface area contributed by atoms with Crippen molar-refractivity contribution < 1.29 is 27.5 Å². The molecule has 0 radical (unpaired) electrons. The van der Waals surface area contributed by atoms with E-state index in [9.17, 15) is 27.5 Å². The molecule has 0 unspecified atom stereocenters. The quantitative estimate of drug-likeness (QED) is 0.301. The first-order valence-corrected chi connectivity index (χ1v) is 11.9. The summed E-state index contributed by atoms with van der Waals surface area (Å²) in [6.45, 7) is 0. The van der Waals surface area contributed by atoms with Gasteiger partial charge < -0.3 is 5.11 Å². The smallest absolute Gasteiger partial charge is 0.300 e. The van der Waals surface area contributed by atoms with Crippen molar-refractivity contribution >= 4 is 49.1 Å². The number of hydrogen-bond donors (Lipinski definition) is 2. The van der Waals surface area contributed by atoms with Crippen LogP contribution in [-0.2, 0) is 19.6 Å². The van der Waals surface area contributed by atoms with Crippen molar-refractivity contribution in [2.45, 2.75) is 10.9 Å². The van der Waals surface area contributed by atoms with E-state index < -0.39 is 39.3 Å². The number of nitrogens with zero attached hydrogens (tertiary/aromatic N) is 1. The maximum Gasteiger partial charge on any atom is 0.300 e. The molecule has 0 aromatic heterocycles. The van der Waals surface area contributed by atoms with Crippen LogP contribution in [0.2, 0.25) is 0 Å². The molecule has 10 heteroatoms. The summed E-state index contributed by atoms with van der Waals surface area (Å²) in [5.41, 5.74) is 0.101. The third kappa shape index (κ3) is 4.20. The van der Waals surface area contributed by atoms with Crippen LogP contribution >= 0.6 is 15.9 Å². The highest BCUT2D eigenvalue weighted by molar-refractivity contribution is 9.10. The number of nitrogens with two attached hydrogens (primary N) is 1. The van der Waals surface area contributed by atoms with Crippen molar-refractivity contribution in [3.63, 3.8) is 0 Å². The summed E-state index contributed by atoms with van der Waals surface area (Å²) in [7, 11) is -3.99. The minimum atomic E-state index is -3.99. The molecule has 1 amide bonds. The van der Waals surface area contributed by atoms with Crippen LogP contribution in [0.1, 0.15) is 17.2 Å². The van der Waals surface area contributed by atoms with E-state index in [0.29, 0.717) is 0 Å². The van der Waals surface area contributed by atoms with Crippen molar-refractivity contribution in [3.8, 4) is 0 Å². The molecule has 1 aliphatic heterocycles. The molecular formula is C23H16BrFN2O5S. The number of Topliss-reactive ketones (excluding diaryl/α,β-unsaturated/α-hetero) is 1. The van der Waals surface area contributed by atoms with Gasteiger partial charge in [0.05, 0.1) is 16.5 Å². The second-order valence-electron chi connectivity index (χ2n) is 7.24. The molecule has 1 atom stereocenters. The molecule has 33 heavy (non-hydrogen) atoms. The van der Waals surface area contributed by atoms with Crippen molar-refractivity contribution in [1.29, 1.82) is 0 Å². The number of primary sulfonamides is 1. The van der Waals surface area contributed by atoms with Crippen LogP contribution in [0.3, 0.4) is 0 Å². The molecule has 1 aliphatic rings. The fourth-order valence-corrected chi connectivity index (χ4v) is 4.43. The molecule has 1 saturated heterocycles. The van der Waals surface area contributed by atoms with Crippen LogP contribution in [-0.4, -0.2) is 25.2 Å². The van der Waals surface area contributed by atoms with Gasteiger partial charge in [-0.25, -0.2) is 17.9 Å². The van der Waals surface area contributed by atoms with E-state index in [0.717, 1.165) is 9.37 Å². The summed E-state index contributed by atoms with van der Waals surface area (Å²) < 4.78 is 38.7. The molecule has 0 spiro atoms. The maximum absolute atomic E-state index is 14.8. The van der Waals surface area contributed by atoms with Crippen molar-refractivity contribution in [3.05, 3.63) is 99.8 Å². The molecule has 168 valence electrons. The Balaban J connectivity index is 1.94. The van der Waals surface area contributed by atoms with E-state index in [1.54, 1.807) is 30.3 Å². The third-order valence-corrected chi connectivity index (χ3v) is 6.66. The average molecular weight is 531 g/mol. The normalized spacial score (nSPS) is 18.0. The van der Waals surface area contributed by atoms with Crippen LogP contribution in [0.5, 0.6) is 0 Å². The topological polar surface area (TPSA) is 118 Å². The van der Waals surface area contributed by atoms with Crippen LogP contribution in [0.4, 0.5) is 10.1 Å². The number of aliphatic hydroxyl groups excluding tert-OH is 1. The highest BCUT2D eigenvalue weighted by atomic mass is 79.9. The number of halogens is 2. The maximum atomic E-state index is 14.8. The highest BCUT2D eigenvalue weighted by Crippen LogP contribution is 2.43. The molecule has 3 aromatic carbocycles. The zero-order chi connectivity index (χ0) is 23.9. The second-order valence-corrected chi connectivity index (χ2v) is 9.71. The first-order valence-electron chi connectivity index (χ1n) is 9.54. The van der Waals surface area contributed by atoms with Gasteiger partial charge in [-0.2, -0.15) is 0 Å². The summed E-state index contributed by atoms with van der Waals surface area (Å²) in [5.74, 6) is -3.14. The summed E-state index contributed by atoms with van der Waals surface area (Å²) >= 11 is 3.29. The molecule has 1 heterocycles. The van der Waals surface area contributed by atoms with E-state index >= 15 is 0 Å². The number of amides is 1. The predicted octanol–water partition coefficient (Wildman–Crippen LogP) is 3.86. The Hall–Kier alpha value is -3.34.